The minimum absolute atomic E-state index is 0.149. The van der Waals surface area contributed by atoms with Gasteiger partial charge in [-0.2, -0.15) is 0 Å². The van der Waals surface area contributed by atoms with Crippen LogP contribution in [-0.4, -0.2) is 41.3 Å². The lowest BCUT2D eigenvalue weighted by Crippen LogP contribution is -2.58. The van der Waals surface area contributed by atoms with Crippen molar-refractivity contribution in [2.75, 3.05) is 25.0 Å². The zero-order valence-corrected chi connectivity index (χ0v) is 14.1. The molecule has 6 nitrogen and oxygen atoms in total. The standard InChI is InChI=1S/C17H28N4O2/c1-14-12-15(20-23-14)19-16(22)18-13-17(8-4-2-5-9-17)21-10-6-3-7-11-21/h12H,2-11,13H2,1H3,(H2,18,19,20,22). The number of rotatable bonds is 4. The van der Waals surface area contributed by atoms with Crippen LogP contribution in [0.25, 0.3) is 0 Å². The first-order chi connectivity index (χ1) is 11.2. The van der Waals surface area contributed by atoms with E-state index in [1.807, 2.05) is 6.92 Å². The van der Waals surface area contributed by atoms with Crippen molar-refractivity contribution < 1.29 is 9.32 Å². The summed E-state index contributed by atoms with van der Waals surface area (Å²) in [5, 5.41) is 9.62. The second-order valence-electron chi connectivity index (χ2n) is 6.96. The van der Waals surface area contributed by atoms with Crippen molar-refractivity contribution in [3.05, 3.63) is 11.8 Å². The minimum Gasteiger partial charge on any atom is -0.360 e. The summed E-state index contributed by atoms with van der Waals surface area (Å²) in [6.45, 7) is 4.87. The van der Waals surface area contributed by atoms with Crippen LogP contribution in [0.2, 0.25) is 0 Å². The molecule has 0 aromatic carbocycles. The summed E-state index contributed by atoms with van der Waals surface area (Å²) >= 11 is 0. The molecule has 0 atom stereocenters. The fourth-order valence-electron chi connectivity index (χ4n) is 4.01. The summed E-state index contributed by atoms with van der Waals surface area (Å²) in [6.07, 6.45) is 10.1. The molecular weight excluding hydrogens is 292 g/mol. The largest absolute Gasteiger partial charge is 0.360 e. The fraction of sp³-hybridized carbons (Fsp3) is 0.765. The van der Waals surface area contributed by atoms with Gasteiger partial charge in [0.25, 0.3) is 0 Å². The number of piperidine rings is 1. The number of amides is 2. The number of carbonyl (C=O) groups excluding carboxylic acids is 1. The third-order valence-corrected chi connectivity index (χ3v) is 5.26. The van der Waals surface area contributed by atoms with E-state index in [4.69, 9.17) is 4.52 Å². The van der Waals surface area contributed by atoms with Gasteiger partial charge >= 0.3 is 6.03 Å². The molecule has 1 saturated heterocycles. The number of anilines is 1. The highest BCUT2D eigenvalue weighted by Gasteiger charge is 2.38. The van der Waals surface area contributed by atoms with Gasteiger partial charge < -0.3 is 9.84 Å². The van der Waals surface area contributed by atoms with Crippen LogP contribution in [0.15, 0.2) is 10.6 Å². The lowest BCUT2D eigenvalue weighted by molar-refractivity contribution is 0.0358. The molecule has 2 N–H and O–H groups in total. The maximum Gasteiger partial charge on any atom is 0.320 e. The molecule has 6 heteroatoms. The van der Waals surface area contributed by atoms with Gasteiger partial charge in [-0.1, -0.05) is 30.8 Å². The van der Waals surface area contributed by atoms with Crippen molar-refractivity contribution in [1.29, 1.82) is 0 Å². The first kappa shape index (κ1) is 16.3. The molecule has 0 spiro atoms. The fourth-order valence-corrected chi connectivity index (χ4v) is 4.01. The summed E-state index contributed by atoms with van der Waals surface area (Å²) in [6, 6.07) is 1.53. The van der Waals surface area contributed by atoms with Crippen LogP contribution in [0.3, 0.4) is 0 Å². The van der Waals surface area contributed by atoms with Crippen molar-refractivity contribution in [1.82, 2.24) is 15.4 Å². The second-order valence-corrected chi connectivity index (χ2v) is 6.96. The number of nitrogens with one attached hydrogen (secondary N) is 2. The normalized spacial score (nSPS) is 21.8. The van der Waals surface area contributed by atoms with Gasteiger partial charge in [-0.3, -0.25) is 10.2 Å². The lowest BCUT2D eigenvalue weighted by Gasteiger charge is -2.48. The average Bonchev–Trinajstić information content (AvgIpc) is 2.99. The Bertz CT molecular complexity index is 516. The third kappa shape index (κ3) is 4.05. The zero-order valence-electron chi connectivity index (χ0n) is 14.1. The summed E-state index contributed by atoms with van der Waals surface area (Å²) in [4.78, 5) is 14.8. The van der Waals surface area contributed by atoms with Crippen LogP contribution >= 0.6 is 0 Å². The van der Waals surface area contributed by atoms with E-state index in [9.17, 15) is 4.79 Å². The van der Waals surface area contributed by atoms with Gasteiger partial charge in [0, 0.05) is 18.2 Å². The molecule has 1 aliphatic heterocycles. The smallest absolute Gasteiger partial charge is 0.320 e. The molecule has 2 heterocycles. The van der Waals surface area contributed by atoms with Gasteiger partial charge in [-0.05, 0) is 45.7 Å². The molecule has 2 amide bonds. The van der Waals surface area contributed by atoms with E-state index < -0.39 is 0 Å². The van der Waals surface area contributed by atoms with E-state index in [1.54, 1.807) is 6.07 Å². The molecule has 0 unspecified atom stereocenters. The van der Waals surface area contributed by atoms with E-state index in [0.717, 1.165) is 6.54 Å². The van der Waals surface area contributed by atoms with Crippen molar-refractivity contribution in [3.8, 4) is 0 Å². The summed E-state index contributed by atoms with van der Waals surface area (Å²) in [7, 11) is 0. The Balaban J connectivity index is 1.58. The van der Waals surface area contributed by atoms with Gasteiger partial charge in [0.05, 0.1) is 0 Å². The number of aryl methyl sites for hydroxylation is 1. The van der Waals surface area contributed by atoms with Gasteiger partial charge in [-0.15, -0.1) is 0 Å². The van der Waals surface area contributed by atoms with Crippen molar-refractivity contribution in [3.63, 3.8) is 0 Å². The Morgan fingerprint density at radius 1 is 1.22 bits per heavy atom. The predicted molar refractivity (Wildman–Crippen MR) is 89.5 cm³/mol. The maximum absolute atomic E-state index is 12.2. The van der Waals surface area contributed by atoms with E-state index in [-0.39, 0.29) is 11.6 Å². The molecule has 3 rings (SSSR count). The van der Waals surface area contributed by atoms with E-state index in [0.29, 0.717) is 11.6 Å². The Hall–Kier alpha value is -1.56. The Morgan fingerprint density at radius 3 is 2.57 bits per heavy atom. The first-order valence-electron chi connectivity index (χ1n) is 8.91. The number of urea groups is 1. The highest BCUT2D eigenvalue weighted by molar-refractivity contribution is 5.88. The van der Waals surface area contributed by atoms with E-state index in [2.05, 4.69) is 20.7 Å². The number of nitrogens with zero attached hydrogens (tertiary/aromatic N) is 2. The van der Waals surface area contributed by atoms with Crippen molar-refractivity contribution >= 4 is 11.8 Å². The van der Waals surface area contributed by atoms with Crippen LogP contribution in [0, 0.1) is 6.92 Å². The molecule has 2 aliphatic rings. The summed E-state index contributed by atoms with van der Waals surface area (Å²) in [5.41, 5.74) is 0.149. The molecule has 2 fully saturated rings. The quantitative estimate of drug-likeness (QED) is 0.893. The molecule has 1 aromatic rings. The predicted octanol–water partition coefficient (Wildman–Crippen LogP) is 3.29. The molecule has 1 aromatic heterocycles. The van der Waals surface area contributed by atoms with Gasteiger partial charge in [0.15, 0.2) is 5.82 Å². The molecule has 0 bridgehead atoms. The Morgan fingerprint density at radius 2 is 1.91 bits per heavy atom. The van der Waals surface area contributed by atoms with Crippen LogP contribution in [0.5, 0.6) is 0 Å². The monoisotopic (exact) mass is 320 g/mol. The number of likely N-dealkylation sites (tertiary alicyclic amines) is 1. The SMILES string of the molecule is Cc1cc(NC(=O)NCC2(N3CCCCC3)CCCCC2)no1. The Labute approximate surface area is 138 Å². The third-order valence-electron chi connectivity index (χ3n) is 5.26. The van der Waals surface area contributed by atoms with Crippen molar-refractivity contribution in [2.24, 2.45) is 0 Å². The van der Waals surface area contributed by atoms with Gasteiger partial charge in [0.1, 0.15) is 5.76 Å². The van der Waals surface area contributed by atoms with Crippen molar-refractivity contribution in [2.45, 2.75) is 63.8 Å². The van der Waals surface area contributed by atoms with Gasteiger partial charge in [-0.25, -0.2) is 4.79 Å². The molecule has 128 valence electrons. The molecule has 1 saturated carbocycles. The maximum atomic E-state index is 12.2. The summed E-state index contributed by atoms with van der Waals surface area (Å²) in [5.74, 6) is 1.16. The minimum atomic E-state index is -0.194. The average molecular weight is 320 g/mol. The van der Waals surface area contributed by atoms with Crippen LogP contribution in [-0.2, 0) is 0 Å². The van der Waals surface area contributed by atoms with E-state index >= 15 is 0 Å². The number of hydrogen-bond acceptors (Lipinski definition) is 4. The lowest BCUT2D eigenvalue weighted by atomic mass is 9.79. The first-order valence-corrected chi connectivity index (χ1v) is 8.91. The van der Waals surface area contributed by atoms with Crippen LogP contribution < -0.4 is 10.6 Å². The number of carbonyl (C=O) groups is 1. The Kier molecular flexibility index (Phi) is 5.20. The molecule has 1 aliphatic carbocycles. The summed E-state index contributed by atoms with van der Waals surface area (Å²) < 4.78 is 4.97. The molecule has 23 heavy (non-hydrogen) atoms. The van der Waals surface area contributed by atoms with Crippen LogP contribution in [0.4, 0.5) is 10.6 Å². The number of aromatic nitrogens is 1. The topological polar surface area (TPSA) is 70.4 Å². The van der Waals surface area contributed by atoms with E-state index in [1.165, 1.54) is 64.5 Å². The molecular formula is C17H28N4O2. The molecule has 0 radical (unpaired) electrons. The second kappa shape index (κ2) is 7.34. The highest BCUT2D eigenvalue weighted by Crippen LogP contribution is 2.35. The van der Waals surface area contributed by atoms with Gasteiger partial charge in [0.2, 0.25) is 0 Å². The highest BCUT2D eigenvalue weighted by atomic mass is 16.5. The zero-order chi connectivity index (χ0) is 16.1. The van der Waals surface area contributed by atoms with Crippen LogP contribution in [0.1, 0.15) is 57.1 Å². The number of hydrogen-bond donors (Lipinski definition) is 2.